The van der Waals surface area contributed by atoms with Crippen LogP contribution in [-0.4, -0.2) is 51.4 Å². The molecule has 0 aromatic heterocycles. The van der Waals surface area contributed by atoms with Crippen molar-refractivity contribution in [1.82, 2.24) is 10.2 Å². The number of ether oxygens (including phenoxy) is 1. The molecule has 9 heteroatoms. The summed E-state index contributed by atoms with van der Waals surface area (Å²) in [4.78, 5) is 14.0. The first-order chi connectivity index (χ1) is 11.4. The topological polar surface area (TPSA) is 84.9 Å². The van der Waals surface area contributed by atoms with E-state index in [0.29, 0.717) is 23.7 Å². The average Bonchev–Trinajstić information content (AvgIpc) is 2.42. The summed E-state index contributed by atoms with van der Waals surface area (Å²) in [5.41, 5.74) is 0.0705. The molecule has 1 N–H and O–H groups in total. The third-order valence-corrected chi connectivity index (χ3v) is 3.68. The maximum atomic E-state index is 12.5. The van der Waals surface area contributed by atoms with Crippen molar-refractivity contribution < 1.29 is 22.1 Å². The van der Waals surface area contributed by atoms with Crippen molar-refractivity contribution in [3.05, 3.63) is 28.8 Å². The molecule has 142 valence electrons. The number of hydrogen-bond donors (Lipinski definition) is 1. The molecule has 0 atom stereocenters. The minimum atomic E-state index is -3.70. The average molecular weight is 393 g/mol. The van der Waals surface area contributed by atoms with Gasteiger partial charge in [-0.3, -0.25) is 0 Å². The van der Waals surface area contributed by atoms with Crippen molar-refractivity contribution >= 4 is 27.8 Å². The van der Waals surface area contributed by atoms with Gasteiger partial charge in [0, 0.05) is 29.8 Å². The number of nitrogens with one attached hydrogen (secondary N) is 1. The summed E-state index contributed by atoms with van der Waals surface area (Å²) in [6.45, 7) is 6.39. The molecule has 0 saturated carbocycles. The normalized spacial score (nSPS) is 11.9. The third kappa shape index (κ3) is 8.42. The van der Waals surface area contributed by atoms with Crippen molar-refractivity contribution in [1.29, 1.82) is 0 Å². The van der Waals surface area contributed by atoms with Gasteiger partial charge in [-0.25, -0.2) is 4.79 Å². The SMILES string of the molecule is COCCN(Cc1cc(Cl)ccc1OS(C)(=O)=O)C(=O)NC(C)(C)C. The Kier molecular flexibility index (Phi) is 7.52. The number of rotatable bonds is 7. The molecule has 0 aliphatic carbocycles. The maximum Gasteiger partial charge on any atom is 0.318 e. The number of amides is 2. The minimum absolute atomic E-state index is 0.122. The van der Waals surface area contributed by atoms with Gasteiger partial charge in [-0.15, -0.1) is 0 Å². The fraction of sp³-hybridized carbons (Fsp3) is 0.562. The Bertz CT molecular complexity index is 701. The highest BCUT2D eigenvalue weighted by molar-refractivity contribution is 7.86. The standard InChI is InChI=1S/C16H25ClN2O5S/c1-16(2,3)18-15(20)19(8-9-23-4)11-12-10-13(17)6-7-14(12)24-25(5,21)22/h6-7,10H,8-9,11H2,1-5H3,(H,18,20). The molecule has 1 rings (SSSR count). The van der Waals surface area contributed by atoms with Crippen molar-refractivity contribution in [2.45, 2.75) is 32.9 Å². The molecule has 1 aromatic carbocycles. The van der Waals surface area contributed by atoms with E-state index >= 15 is 0 Å². The van der Waals surface area contributed by atoms with Crippen LogP contribution in [0.5, 0.6) is 5.75 Å². The summed E-state index contributed by atoms with van der Waals surface area (Å²) in [6.07, 6.45) is 0.959. The predicted molar refractivity (Wildman–Crippen MR) is 97.5 cm³/mol. The first-order valence-corrected chi connectivity index (χ1v) is 9.84. The Morgan fingerprint density at radius 2 is 1.96 bits per heavy atom. The number of carbonyl (C=O) groups excluding carboxylic acids is 1. The molecule has 0 saturated heterocycles. The van der Waals surface area contributed by atoms with E-state index in [0.717, 1.165) is 6.26 Å². The smallest absolute Gasteiger partial charge is 0.318 e. The van der Waals surface area contributed by atoms with Gasteiger partial charge >= 0.3 is 16.1 Å². The van der Waals surface area contributed by atoms with Crippen LogP contribution in [0.2, 0.25) is 5.02 Å². The lowest BCUT2D eigenvalue weighted by atomic mass is 10.1. The molecule has 25 heavy (non-hydrogen) atoms. The van der Waals surface area contributed by atoms with E-state index in [1.165, 1.54) is 24.1 Å². The summed E-state index contributed by atoms with van der Waals surface area (Å²) >= 11 is 6.01. The monoisotopic (exact) mass is 392 g/mol. The number of nitrogens with zero attached hydrogens (tertiary/aromatic N) is 1. The maximum absolute atomic E-state index is 12.5. The number of benzene rings is 1. The third-order valence-electron chi connectivity index (χ3n) is 2.96. The summed E-state index contributed by atoms with van der Waals surface area (Å²) in [7, 11) is -2.16. The van der Waals surface area contributed by atoms with E-state index in [9.17, 15) is 13.2 Å². The largest absolute Gasteiger partial charge is 0.383 e. The molecule has 0 heterocycles. The number of hydrogen-bond acceptors (Lipinski definition) is 5. The summed E-state index contributed by atoms with van der Waals surface area (Å²) in [5.74, 6) is 0.137. The van der Waals surface area contributed by atoms with Crippen molar-refractivity contribution in [3.63, 3.8) is 0 Å². The second kappa shape index (κ2) is 8.73. The van der Waals surface area contributed by atoms with Gasteiger partial charge in [-0.05, 0) is 39.0 Å². The van der Waals surface area contributed by atoms with Gasteiger partial charge in [0.1, 0.15) is 5.75 Å². The second-order valence-electron chi connectivity index (χ2n) is 6.63. The van der Waals surface area contributed by atoms with Crippen LogP contribution >= 0.6 is 11.6 Å². The number of urea groups is 1. The van der Waals surface area contributed by atoms with Gasteiger partial charge in [0.05, 0.1) is 19.4 Å². The zero-order chi connectivity index (χ0) is 19.3. The molecule has 0 bridgehead atoms. The Labute approximate surface area is 154 Å². The van der Waals surface area contributed by atoms with Gasteiger partial charge in [0.25, 0.3) is 0 Å². The van der Waals surface area contributed by atoms with Crippen LogP contribution < -0.4 is 9.50 Å². The second-order valence-corrected chi connectivity index (χ2v) is 8.65. The Balaban J connectivity index is 3.10. The lowest BCUT2D eigenvalue weighted by Gasteiger charge is -2.29. The lowest BCUT2D eigenvalue weighted by Crippen LogP contribution is -2.49. The van der Waals surface area contributed by atoms with Crippen molar-refractivity contribution in [2.24, 2.45) is 0 Å². The molecular formula is C16H25ClN2O5S. The number of methoxy groups -OCH3 is 1. The van der Waals surface area contributed by atoms with Crippen LogP contribution in [0.25, 0.3) is 0 Å². The van der Waals surface area contributed by atoms with E-state index in [-0.39, 0.29) is 18.3 Å². The summed E-state index contributed by atoms with van der Waals surface area (Å²) in [5, 5.41) is 3.29. The highest BCUT2D eigenvalue weighted by Crippen LogP contribution is 2.25. The highest BCUT2D eigenvalue weighted by atomic mass is 35.5. The highest BCUT2D eigenvalue weighted by Gasteiger charge is 2.22. The molecular weight excluding hydrogens is 368 g/mol. The van der Waals surface area contributed by atoms with Gasteiger partial charge in [0.15, 0.2) is 0 Å². The fourth-order valence-electron chi connectivity index (χ4n) is 1.98. The molecule has 0 spiro atoms. The van der Waals surface area contributed by atoms with Gasteiger partial charge in [-0.1, -0.05) is 11.6 Å². The zero-order valence-electron chi connectivity index (χ0n) is 15.1. The molecule has 2 amide bonds. The van der Waals surface area contributed by atoms with E-state index in [4.69, 9.17) is 20.5 Å². The van der Waals surface area contributed by atoms with Crippen LogP contribution in [0, 0.1) is 0 Å². The van der Waals surface area contributed by atoms with Gasteiger partial charge in [0.2, 0.25) is 0 Å². The summed E-state index contributed by atoms with van der Waals surface area (Å²) < 4.78 is 32.9. The van der Waals surface area contributed by atoms with E-state index in [1.807, 2.05) is 20.8 Å². The Hall–Kier alpha value is -1.51. The molecule has 0 radical (unpaired) electrons. The Morgan fingerprint density at radius 3 is 2.48 bits per heavy atom. The van der Waals surface area contributed by atoms with Crippen LogP contribution in [0.3, 0.4) is 0 Å². The molecule has 7 nitrogen and oxygen atoms in total. The fourth-order valence-corrected chi connectivity index (χ4v) is 2.66. The van der Waals surface area contributed by atoms with Crippen LogP contribution in [0.1, 0.15) is 26.3 Å². The molecule has 0 fully saturated rings. The van der Waals surface area contributed by atoms with E-state index in [1.54, 1.807) is 6.07 Å². The van der Waals surface area contributed by atoms with Crippen molar-refractivity contribution in [2.75, 3.05) is 26.5 Å². The van der Waals surface area contributed by atoms with E-state index in [2.05, 4.69) is 5.32 Å². The molecule has 0 aliphatic rings. The minimum Gasteiger partial charge on any atom is -0.383 e. The van der Waals surface area contributed by atoms with E-state index < -0.39 is 15.7 Å². The van der Waals surface area contributed by atoms with Gasteiger partial charge in [-0.2, -0.15) is 8.42 Å². The predicted octanol–water partition coefficient (Wildman–Crippen LogP) is 2.63. The summed E-state index contributed by atoms with van der Waals surface area (Å²) in [6, 6.07) is 4.27. The number of carbonyl (C=O) groups is 1. The first kappa shape index (κ1) is 21.5. The molecule has 0 aliphatic heterocycles. The number of halogens is 1. The quantitative estimate of drug-likeness (QED) is 0.721. The zero-order valence-corrected chi connectivity index (χ0v) is 16.7. The first-order valence-electron chi connectivity index (χ1n) is 7.65. The van der Waals surface area contributed by atoms with Gasteiger partial charge < -0.3 is 19.1 Å². The molecule has 0 unspecified atom stereocenters. The van der Waals surface area contributed by atoms with Crippen LogP contribution in [-0.2, 0) is 21.4 Å². The Morgan fingerprint density at radius 1 is 1.32 bits per heavy atom. The molecule has 1 aromatic rings. The van der Waals surface area contributed by atoms with Crippen LogP contribution in [0.15, 0.2) is 18.2 Å². The van der Waals surface area contributed by atoms with Crippen LogP contribution in [0.4, 0.5) is 4.79 Å². The van der Waals surface area contributed by atoms with Crippen molar-refractivity contribution in [3.8, 4) is 5.75 Å². The lowest BCUT2D eigenvalue weighted by molar-refractivity contribution is 0.142.